The number of hydrogen-bond acceptors (Lipinski definition) is 13. The van der Waals surface area contributed by atoms with Gasteiger partial charge in [-0.05, 0) is 45.7 Å². The van der Waals surface area contributed by atoms with Crippen molar-refractivity contribution in [3.63, 3.8) is 0 Å². The summed E-state index contributed by atoms with van der Waals surface area (Å²) in [6.07, 6.45) is 10.4. The molecule has 1 unspecified atom stereocenters. The van der Waals surface area contributed by atoms with Gasteiger partial charge in [-0.25, -0.2) is 14.5 Å². The van der Waals surface area contributed by atoms with Gasteiger partial charge in [0.25, 0.3) is 0 Å². The third kappa shape index (κ3) is 7.47. The van der Waals surface area contributed by atoms with Crippen LogP contribution in [0.3, 0.4) is 0 Å². The first-order valence-corrected chi connectivity index (χ1v) is 17.1. The van der Waals surface area contributed by atoms with E-state index in [1.54, 1.807) is 24.0 Å². The van der Waals surface area contributed by atoms with Crippen LogP contribution >= 0.6 is 0 Å². The Hall–Kier alpha value is -4.76. The summed E-state index contributed by atoms with van der Waals surface area (Å²) in [4.78, 5) is 30.1. The number of ether oxygens (including phenoxy) is 3. The van der Waals surface area contributed by atoms with E-state index in [-0.39, 0.29) is 18.1 Å². The summed E-state index contributed by atoms with van der Waals surface area (Å²) in [6.45, 7) is 12.2. The highest BCUT2D eigenvalue weighted by molar-refractivity contribution is 5.87. The van der Waals surface area contributed by atoms with Crippen LogP contribution in [-0.2, 0) is 11.8 Å². The van der Waals surface area contributed by atoms with Crippen LogP contribution in [0.15, 0.2) is 36.9 Å². The predicted molar refractivity (Wildman–Crippen MR) is 187 cm³/mol. The number of imidazole rings is 1. The molecule has 260 valence electrons. The van der Waals surface area contributed by atoms with Crippen LogP contribution < -0.4 is 24.6 Å². The number of pyridine rings is 2. The number of hydrogen-bond donors (Lipinski definition) is 1. The zero-order valence-electron chi connectivity index (χ0n) is 28.5. The van der Waals surface area contributed by atoms with Crippen molar-refractivity contribution >= 4 is 41.0 Å². The molecule has 7 rings (SSSR count). The summed E-state index contributed by atoms with van der Waals surface area (Å²) in [5.41, 5.74) is 2.59. The fourth-order valence-electron chi connectivity index (χ4n) is 6.75. The molecule has 3 fully saturated rings. The molecule has 49 heavy (non-hydrogen) atoms. The van der Waals surface area contributed by atoms with Crippen LogP contribution in [0.25, 0.3) is 10.9 Å². The number of aromatic nitrogens is 6. The quantitative estimate of drug-likeness (QED) is 0.114. The molecular weight excluding hydrogens is 626 g/mol. The Labute approximate surface area is 286 Å². The first kappa shape index (κ1) is 32.8. The van der Waals surface area contributed by atoms with Crippen molar-refractivity contribution in [2.24, 2.45) is 7.05 Å². The smallest absolute Gasteiger partial charge is 0.398 e. The number of morpholine rings is 1. The zero-order chi connectivity index (χ0) is 33.9. The Morgan fingerprint density at radius 1 is 0.918 bits per heavy atom. The minimum Gasteiger partial charge on any atom is -0.741 e. The van der Waals surface area contributed by atoms with Gasteiger partial charge in [0.15, 0.2) is 11.8 Å². The van der Waals surface area contributed by atoms with Gasteiger partial charge >= 0.3 is 5.95 Å². The van der Waals surface area contributed by atoms with Gasteiger partial charge < -0.3 is 39.4 Å². The largest absolute Gasteiger partial charge is 0.741 e. The molecule has 1 N–H and O–H groups in total. The van der Waals surface area contributed by atoms with Crippen molar-refractivity contribution in [1.29, 1.82) is 0 Å². The van der Waals surface area contributed by atoms with E-state index in [2.05, 4.69) is 48.7 Å². The first-order valence-electron chi connectivity index (χ1n) is 17.1. The molecule has 6 heterocycles. The number of rotatable bonds is 10. The topological polar surface area (TPSA) is 145 Å². The summed E-state index contributed by atoms with van der Waals surface area (Å²) in [5.74, 6) is 2.80. The highest BCUT2D eigenvalue weighted by atomic mass is 16.5. The number of likely N-dealkylation sites (N-methyl/N-ethyl adjacent to an activating group) is 1. The maximum Gasteiger partial charge on any atom is 0.398 e. The van der Waals surface area contributed by atoms with Crippen molar-refractivity contribution in [3.8, 4) is 11.6 Å². The van der Waals surface area contributed by atoms with Gasteiger partial charge in [0.05, 0.1) is 55.4 Å². The van der Waals surface area contributed by atoms with Gasteiger partial charge in [0, 0.05) is 58.1 Å². The molecular formula is C34H45N11O4. The minimum atomic E-state index is -0.398. The normalized spacial score (nSPS) is 21.0. The maximum absolute atomic E-state index is 11.7. The fourth-order valence-corrected chi connectivity index (χ4v) is 6.75. The Balaban J connectivity index is 1.04. The highest BCUT2D eigenvalue weighted by Gasteiger charge is 2.26. The monoisotopic (exact) mass is 671 g/mol. The number of nitrogens with one attached hydrogen (secondary N) is 1. The summed E-state index contributed by atoms with van der Waals surface area (Å²) in [6, 6.07) is 4.20. The van der Waals surface area contributed by atoms with Gasteiger partial charge in [0.1, 0.15) is 23.9 Å². The van der Waals surface area contributed by atoms with Gasteiger partial charge in [-0.15, -0.1) is 0 Å². The van der Waals surface area contributed by atoms with Crippen LogP contribution in [0.5, 0.6) is 11.6 Å². The molecule has 0 aromatic carbocycles. The average molecular weight is 672 g/mol. The summed E-state index contributed by atoms with van der Waals surface area (Å²) in [7, 11) is 3.92. The molecule has 15 heteroatoms. The van der Waals surface area contributed by atoms with Crippen LogP contribution in [0, 0.1) is 5.21 Å². The predicted octanol–water partition coefficient (Wildman–Crippen LogP) is 3.53. The molecule has 1 aliphatic carbocycles. The van der Waals surface area contributed by atoms with Crippen molar-refractivity contribution in [3.05, 3.63) is 47.8 Å². The SMILES string of the molecule is C=[N+]([O-])c1ncc(C(C)Oc2cnc3cc(N4CCOCC4)nc(O[C@H]4CC[C@@H](Nc5ncc(N6CCN(C)CC6)cn5)CC4)c3c2)n1C. The Morgan fingerprint density at radius 3 is 2.35 bits per heavy atom. The Bertz CT molecular complexity index is 1750. The highest BCUT2D eigenvalue weighted by Crippen LogP contribution is 2.34. The molecule has 3 aliphatic rings. The Kier molecular flexibility index (Phi) is 9.62. The van der Waals surface area contributed by atoms with Crippen LogP contribution in [0.1, 0.15) is 44.4 Å². The molecule has 0 bridgehead atoms. The van der Waals surface area contributed by atoms with Crippen molar-refractivity contribution in [1.82, 2.24) is 34.4 Å². The van der Waals surface area contributed by atoms with Crippen LogP contribution in [0.4, 0.5) is 23.4 Å². The zero-order valence-corrected chi connectivity index (χ0v) is 28.5. The van der Waals surface area contributed by atoms with E-state index in [1.807, 2.05) is 31.5 Å². The molecule has 0 spiro atoms. The summed E-state index contributed by atoms with van der Waals surface area (Å²) >= 11 is 0. The van der Waals surface area contributed by atoms with Crippen LogP contribution in [-0.4, -0.2) is 118 Å². The molecule has 4 aromatic rings. The van der Waals surface area contributed by atoms with Gasteiger partial charge in [0.2, 0.25) is 11.8 Å². The lowest BCUT2D eigenvalue weighted by molar-refractivity contribution is -0.362. The standard InChI is InChI=1S/C34H45N11O4/c1-23(30-22-38-34(42(30)3)43(4)46)48-27-17-28-29(35-21-27)18-31(45-13-15-47-16-14-45)40-32(28)49-26-7-5-24(6-8-26)39-33-36-19-25(20-37-33)44-11-9-41(2)10-12-44/h17-24,26H,4-16H2,1-3H3,(H,36,37,39)/t23?,24-,26+. The number of fused-ring (bicyclic) bond motifs is 1. The lowest BCUT2D eigenvalue weighted by Crippen LogP contribution is -2.44. The van der Waals surface area contributed by atoms with E-state index in [0.717, 1.165) is 93.1 Å². The van der Waals surface area contributed by atoms with E-state index in [4.69, 9.17) is 24.2 Å². The van der Waals surface area contributed by atoms with Gasteiger partial charge in [-0.2, -0.15) is 4.98 Å². The third-order valence-corrected chi connectivity index (χ3v) is 9.69. The van der Waals surface area contributed by atoms with Gasteiger partial charge in [-0.3, -0.25) is 9.72 Å². The van der Waals surface area contributed by atoms with Crippen molar-refractivity contribution < 1.29 is 18.9 Å². The van der Waals surface area contributed by atoms with E-state index >= 15 is 0 Å². The molecule has 2 saturated heterocycles. The summed E-state index contributed by atoms with van der Waals surface area (Å²) in [5, 5.41) is 16.1. The van der Waals surface area contributed by atoms with Gasteiger partial charge in [-0.1, -0.05) is 4.98 Å². The van der Waals surface area contributed by atoms with E-state index in [9.17, 15) is 5.21 Å². The van der Waals surface area contributed by atoms with Crippen LogP contribution in [0.2, 0.25) is 0 Å². The minimum absolute atomic E-state index is 0.00303. The van der Waals surface area contributed by atoms with E-state index in [1.165, 1.54) is 0 Å². The first-order chi connectivity index (χ1) is 23.8. The average Bonchev–Trinajstić information content (AvgIpc) is 3.52. The lowest BCUT2D eigenvalue weighted by atomic mass is 9.93. The number of anilines is 3. The second kappa shape index (κ2) is 14.4. The van der Waals surface area contributed by atoms with Crippen molar-refractivity contribution in [2.75, 3.05) is 74.6 Å². The molecule has 0 radical (unpaired) electrons. The molecule has 2 aliphatic heterocycles. The molecule has 4 aromatic heterocycles. The fraction of sp³-hybridized carbons (Fsp3) is 0.529. The number of piperazine rings is 1. The molecule has 0 amide bonds. The number of nitrogens with zero attached hydrogens (tertiary/aromatic N) is 10. The Morgan fingerprint density at radius 2 is 1.65 bits per heavy atom. The van der Waals surface area contributed by atoms with Crippen molar-refractivity contribution in [2.45, 2.75) is 50.9 Å². The molecule has 1 saturated carbocycles. The third-order valence-electron chi connectivity index (χ3n) is 9.69. The molecule has 15 nitrogen and oxygen atoms in total. The summed E-state index contributed by atoms with van der Waals surface area (Å²) < 4.78 is 20.7. The molecule has 1 atom stereocenters. The van der Waals surface area contributed by atoms with E-state index in [0.29, 0.717) is 35.5 Å². The maximum atomic E-state index is 11.7. The second-order valence-electron chi connectivity index (χ2n) is 13.1. The lowest BCUT2D eigenvalue weighted by Gasteiger charge is -2.33. The second-order valence-corrected chi connectivity index (χ2v) is 13.1. The van der Waals surface area contributed by atoms with E-state index < -0.39 is 6.10 Å².